The fraction of sp³-hybridized carbons (Fsp3) is 0.316. The number of methoxy groups -OCH3 is 1. The Morgan fingerprint density at radius 1 is 1.26 bits per heavy atom. The SMILES string of the molecule is COCCCNC(=O)C(C)Sc1nnc(-c2ccco2)n1-c1ccccc1. The Hall–Kier alpha value is -2.58. The molecule has 1 atom stereocenters. The lowest BCUT2D eigenvalue weighted by Gasteiger charge is -2.13. The Kier molecular flexibility index (Phi) is 6.67. The summed E-state index contributed by atoms with van der Waals surface area (Å²) in [5, 5.41) is 11.8. The standard InChI is InChI=1S/C19H22N4O3S/c1-14(18(24)20-11-7-12-25-2)27-19-22-21-17(16-10-6-13-26-16)23(19)15-8-4-3-5-9-15/h3-6,8-10,13-14H,7,11-12H2,1-2H3,(H,20,24). The molecule has 1 aromatic carbocycles. The Morgan fingerprint density at radius 2 is 2.07 bits per heavy atom. The van der Waals surface area contributed by atoms with E-state index in [-0.39, 0.29) is 11.2 Å². The first-order valence-corrected chi connectivity index (χ1v) is 9.56. The molecule has 1 amide bonds. The first kappa shape index (κ1) is 19.2. The number of furan rings is 1. The van der Waals surface area contributed by atoms with Gasteiger partial charge in [-0.2, -0.15) is 0 Å². The number of amides is 1. The highest BCUT2D eigenvalue weighted by molar-refractivity contribution is 8.00. The molecule has 2 aromatic heterocycles. The summed E-state index contributed by atoms with van der Waals surface area (Å²) in [5.74, 6) is 1.18. The molecular formula is C19H22N4O3S. The zero-order chi connectivity index (χ0) is 19.1. The van der Waals surface area contributed by atoms with Crippen LogP contribution in [-0.4, -0.2) is 46.2 Å². The van der Waals surface area contributed by atoms with Crippen molar-refractivity contribution in [3.63, 3.8) is 0 Å². The van der Waals surface area contributed by atoms with Gasteiger partial charge in [0.25, 0.3) is 0 Å². The summed E-state index contributed by atoms with van der Waals surface area (Å²) in [6, 6.07) is 13.4. The van der Waals surface area contributed by atoms with Crippen LogP contribution < -0.4 is 5.32 Å². The van der Waals surface area contributed by atoms with Crippen LogP contribution in [0.4, 0.5) is 0 Å². The highest BCUT2D eigenvalue weighted by Gasteiger charge is 2.22. The van der Waals surface area contributed by atoms with Crippen molar-refractivity contribution in [1.82, 2.24) is 20.1 Å². The Morgan fingerprint density at radius 3 is 2.78 bits per heavy atom. The van der Waals surface area contributed by atoms with E-state index >= 15 is 0 Å². The molecule has 0 aliphatic heterocycles. The number of carbonyl (C=O) groups excluding carboxylic acids is 1. The topological polar surface area (TPSA) is 82.2 Å². The van der Waals surface area contributed by atoms with Gasteiger partial charge in [-0.15, -0.1) is 10.2 Å². The molecule has 8 heteroatoms. The van der Waals surface area contributed by atoms with Gasteiger partial charge in [0.05, 0.1) is 11.5 Å². The molecule has 2 heterocycles. The summed E-state index contributed by atoms with van der Waals surface area (Å²) < 4.78 is 12.4. The number of thioether (sulfide) groups is 1. The number of nitrogens with zero attached hydrogens (tertiary/aromatic N) is 3. The lowest BCUT2D eigenvalue weighted by molar-refractivity contribution is -0.120. The molecule has 7 nitrogen and oxygen atoms in total. The number of benzene rings is 1. The fourth-order valence-corrected chi connectivity index (χ4v) is 3.40. The minimum absolute atomic E-state index is 0.0433. The van der Waals surface area contributed by atoms with E-state index in [1.54, 1.807) is 13.4 Å². The molecule has 3 rings (SSSR count). The largest absolute Gasteiger partial charge is 0.461 e. The van der Waals surface area contributed by atoms with Crippen molar-refractivity contribution < 1.29 is 13.9 Å². The monoisotopic (exact) mass is 386 g/mol. The van der Waals surface area contributed by atoms with Crippen molar-refractivity contribution in [3.05, 3.63) is 48.7 Å². The van der Waals surface area contributed by atoms with Crippen LogP contribution in [0, 0.1) is 0 Å². The molecular weight excluding hydrogens is 364 g/mol. The predicted molar refractivity (Wildman–Crippen MR) is 104 cm³/mol. The van der Waals surface area contributed by atoms with Gasteiger partial charge in [0.1, 0.15) is 0 Å². The smallest absolute Gasteiger partial charge is 0.233 e. The number of para-hydroxylation sites is 1. The summed E-state index contributed by atoms with van der Waals surface area (Å²) in [7, 11) is 1.65. The summed E-state index contributed by atoms with van der Waals surface area (Å²) in [6.45, 7) is 3.06. The second-order valence-corrected chi connectivity index (χ2v) is 7.16. The molecule has 3 aromatic rings. The molecule has 0 aliphatic carbocycles. The third-order valence-corrected chi connectivity index (χ3v) is 4.91. The van der Waals surface area contributed by atoms with Gasteiger partial charge in [0, 0.05) is 25.9 Å². The van der Waals surface area contributed by atoms with Gasteiger partial charge in [-0.1, -0.05) is 30.0 Å². The summed E-state index contributed by atoms with van der Waals surface area (Å²) in [6.07, 6.45) is 2.38. The van der Waals surface area contributed by atoms with Crippen LogP contribution >= 0.6 is 11.8 Å². The number of carbonyl (C=O) groups is 1. The molecule has 1 unspecified atom stereocenters. The number of aromatic nitrogens is 3. The van der Waals surface area contributed by atoms with E-state index in [2.05, 4.69) is 15.5 Å². The zero-order valence-corrected chi connectivity index (χ0v) is 16.1. The average Bonchev–Trinajstić information content (AvgIpc) is 3.35. The molecule has 0 spiro atoms. The van der Waals surface area contributed by atoms with Crippen molar-refractivity contribution in [2.45, 2.75) is 23.8 Å². The molecule has 0 aliphatic rings. The van der Waals surface area contributed by atoms with Crippen molar-refractivity contribution in [2.75, 3.05) is 20.3 Å². The molecule has 0 radical (unpaired) electrons. The van der Waals surface area contributed by atoms with Gasteiger partial charge in [-0.05, 0) is 37.6 Å². The van der Waals surface area contributed by atoms with E-state index in [0.29, 0.717) is 29.9 Å². The van der Waals surface area contributed by atoms with Gasteiger partial charge >= 0.3 is 0 Å². The van der Waals surface area contributed by atoms with Gasteiger partial charge in [-0.25, -0.2) is 0 Å². The first-order valence-electron chi connectivity index (χ1n) is 8.68. The first-order chi connectivity index (χ1) is 13.2. The van der Waals surface area contributed by atoms with E-state index < -0.39 is 0 Å². The third-order valence-electron chi connectivity index (χ3n) is 3.87. The Bertz CT molecular complexity index is 849. The van der Waals surface area contributed by atoms with Gasteiger partial charge in [0.2, 0.25) is 11.7 Å². The molecule has 0 bridgehead atoms. The molecule has 0 saturated heterocycles. The number of nitrogens with one attached hydrogen (secondary N) is 1. The predicted octanol–water partition coefficient (Wildman–Crippen LogP) is 3.16. The van der Waals surface area contributed by atoms with Gasteiger partial charge < -0.3 is 14.5 Å². The van der Waals surface area contributed by atoms with E-state index in [1.807, 2.05) is 54.0 Å². The number of hydrogen-bond acceptors (Lipinski definition) is 6. The van der Waals surface area contributed by atoms with Crippen LogP contribution in [0.2, 0.25) is 0 Å². The lowest BCUT2D eigenvalue weighted by atomic mass is 10.3. The second kappa shape index (κ2) is 9.38. The van der Waals surface area contributed by atoms with Crippen LogP contribution in [0.5, 0.6) is 0 Å². The van der Waals surface area contributed by atoms with E-state index in [1.165, 1.54) is 11.8 Å². The molecule has 0 fully saturated rings. The minimum atomic E-state index is -0.316. The third kappa shape index (κ3) is 4.78. The van der Waals surface area contributed by atoms with Crippen molar-refractivity contribution in [1.29, 1.82) is 0 Å². The van der Waals surface area contributed by atoms with Crippen LogP contribution in [0.15, 0.2) is 58.3 Å². The van der Waals surface area contributed by atoms with E-state index in [4.69, 9.17) is 9.15 Å². The number of ether oxygens (including phenoxy) is 1. The normalized spacial score (nSPS) is 12.1. The zero-order valence-electron chi connectivity index (χ0n) is 15.3. The van der Waals surface area contributed by atoms with Crippen LogP contribution in [0.1, 0.15) is 13.3 Å². The highest BCUT2D eigenvalue weighted by atomic mass is 32.2. The molecule has 142 valence electrons. The van der Waals surface area contributed by atoms with Crippen LogP contribution in [0.25, 0.3) is 17.3 Å². The quantitative estimate of drug-likeness (QED) is 0.449. The van der Waals surface area contributed by atoms with Crippen LogP contribution in [-0.2, 0) is 9.53 Å². The van der Waals surface area contributed by atoms with Crippen molar-refractivity contribution in [3.8, 4) is 17.3 Å². The van der Waals surface area contributed by atoms with Gasteiger partial charge in [0.15, 0.2) is 10.9 Å². The number of rotatable bonds is 9. The average molecular weight is 386 g/mol. The summed E-state index contributed by atoms with van der Waals surface area (Å²) in [4.78, 5) is 12.3. The summed E-state index contributed by atoms with van der Waals surface area (Å²) >= 11 is 1.36. The Balaban J connectivity index is 1.80. The number of hydrogen-bond donors (Lipinski definition) is 1. The van der Waals surface area contributed by atoms with E-state index in [9.17, 15) is 4.79 Å². The maximum absolute atomic E-state index is 12.3. The highest BCUT2D eigenvalue weighted by Crippen LogP contribution is 2.30. The van der Waals surface area contributed by atoms with Crippen molar-refractivity contribution in [2.24, 2.45) is 0 Å². The summed E-state index contributed by atoms with van der Waals surface area (Å²) in [5.41, 5.74) is 0.907. The molecule has 1 N–H and O–H groups in total. The minimum Gasteiger partial charge on any atom is -0.461 e. The fourth-order valence-electron chi connectivity index (χ4n) is 2.50. The van der Waals surface area contributed by atoms with Gasteiger partial charge in [-0.3, -0.25) is 9.36 Å². The second-order valence-electron chi connectivity index (χ2n) is 5.85. The maximum atomic E-state index is 12.3. The van der Waals surface area contributed by atoms with E-state index in [0.717, 1.165) is 12.1 Å². The van der Waals surface area contributed by atoms with Crippen LogP contribution in [0.3, 0.4) is 0 Å². The molecule has 27 heavy (non-hydrogen) atoms. The maximum Gasteiger partial charge on any atom is 0.233 e. The van der Waals surface area contributed by atoms with Crippen molar-refractivity contribution >= 4 is 17.7 Å². The molecule has 0 saturated carbocycles. The Labute approximate surface area is 162 Å². The lowest BCUT2D eigenvalue weighted by Crippen LogP contribution is -2.32.